The zero-order valence-corrected chi connectivity index (χ0v) is 16.5. The standard InChI is InChI=1S/C21H34O5/c1-4-19(16(2)24-19)12-8-17(22)18(3)13-14-21(25-18)11-7-10-20(26-21)9-5-6-15-23-20/h7,10,16-17,22H,4-6,8-9,11-15H2,1-3H3/t16-,17-,18+,19-,20-,21+/m1/s1. The largest absolute Gasteiger partial charge is 0.390 e. The van der Waals surface area contributed by atoms with Crippen LogP contribution in [-0.2, 0) is 18.9 Å². The van der Waals surface area contributed by atoms with Gasteiger partial charge in [0.05, 0.1) is 30.0 Å². The normalized spacial score (nSPS) is 49.0. The molecule has 0 aromatic carbocycles. The quantitative estimate of drug-likeness (QED) is 0.592. The Morgan fingerprint density at radius 3 is 2.65 bits per heavy atom. The number of rotatable bonds is 5. The van der Waals surface area contributed by atoms with E-state index < -0.39 is 23.3 Å². The number of aliphatic hydroxyl groups excluding tert-OH is 1. The molecule has 0 radical (unpaired) electrons. The number of aliphatic hydroxyl groups is 1. The van der Waals surface area contributed by atoms with Crippen molar-refractivity contribution in [3.05, 3.63) is 12.2 Å². The van der Waals surface area contributed by atoms with Gasteiger partial charge < -0.3 is 24.1 Å². The van der Waals surface area contributed by atoms with Crippen molar-refractivity contribution in [3.63, 3.8) is 0 Å². The van der Waals surface area contributed by atoms with Gasteiger partial charge in [-0.2, -0.15) is 0 Å². The Labute approximate surface area is 157 Å². The Balaban J connectivity index is 1.39. The van der Waals surface area contributed by atoms with Gasteiger partial charge >= 0.3 is 0 Å². The van der Waals surface area contributed by atoms with Crippen molar-refractivity contribution in [1.82, 2.24) is 0 Å². The Morgan fingerprint density at radius 1 is 1.19 bits per heavy atom. The number of epoxide rings is 1. The highest BCUT2D eigenvalue weighted by Crippen LogP contribution is 2.50. The maximum atomic E-state index is 10.9. The van der Waals surface area contributed by atoms with E-state index in [2.05, 4.69) is 26.0 Å². The van der Waals surface area contributed by atoms with Crippen molar-refractivity contribution < 1.29 is 24.1 Å². The van der Waals surface area contributed by atoms with E-state index in [4.69, 9.17) is 18.9 Å². The molecule has 0 amide bonds. The molecule has 0 aromatic rings. The molecule has 3 fully saturated rings. The Hall–Kier alpha value is -0.460. The summed E-state index contributed by atoms with van der Waals surface area (Å²) in [5, 5.41) is 10.9. The molecule has 148 valence electrons. The molecule has 4 aliphatic rings. The summed E-state index contributed by atoms with van der Waals surface area (Å²) in [5.41, 5.74) is -0.605. The molecule has 4 rings (SSSR count). The minimum Gasteiger partial charge on any atom is -0.390 e. The van der Waals surface area contributed by atoms with E-state index >= 15 is 0 Å². The van der Waals surface area contributed by atoms with Gasteiger partial charge in [-0.1, -0.05) is 13.0 Å². The summed E-state index contributed by atoms with van der Waals surface area (Å²) in [6.07, 6.45) is 11.9. The molecular formula is C21H34O5. The molecule has 0 bridgehead atoms. The lowest BCUT2D eigenvalue weighted by molar-refractivity contribution is -0.361. The third-order valence-electron chi connectivity index (χ3n) is 7.09. The second-order valence-electron chi connectivity index (χ2n) is 8.88. The van der Waals surface area contributed by atoms with Crippen molar-refractivity contribution in [3.8, 4) is 0 Å². The lowest BCUT2D eigenvalue weighted by Gasteiger charge is -2.45. The van der Waals surface area contributed by atoms with Crippen molar-refractivity contribution in [2.75, 3.05) is 6.61 Å². The van der Waals surface area contributed by atoms with Gasteiger partial charge in [-0.25, -0.2) is 0 Å². The first kappa shape index (κ1) is 18.9. The minimum absolute atomic E-state index is 0.0301. The third kappa shape index (κ3) is 3.26. The first-order valence-corrected chi connectivity index (χ1v) is 10.4. The van der Waals surface area contributed by atoms with E-state index in [9.17, 15) is 5.11 Å². The smallest absolute Gasteiger partial charge is 0.191 e. The summed E-state index contributed by atoms with van der Waals surface area (Å²) in [6, 6.07) is 0. The average Bonchev–Trinajstić information content (AvgIpc) is 3.17. The SMILES string of the molecule is CC[C@]1(CC[C@@H](O)[C@]2(C)CC[C@@]3(CC=C[C@@]4(CCCCO4)O3)O2)O[C@@H]1C. The van der Waals surface area contributed by atoms with Gasteiger partial charge in [-0.05, 0) is 58.4 Å². The van der Waals surface area contributed by atoms with E-state index in [-0.39, 0.29) is 5.60 Å². The van der Waals surface area contributed by atoms with Crippen molar-refractivity contribution >= 4 is 0 Å². The summed E-state index contributed by atoms with van der Waals surface area (Å²) in [7, 11) is 0. The van der Waals surface area contributed by atoms with Gasteiger partial charge in [0.1, 0.15) is 0 Å². The van der Waals surface area contributed by atoms with E-state index in [0.29, 0.717) is 12.5 Å². The van der Waals surface area contributed by atoms with Gasteiger partial charge in [-0.3, -0.25) is 0 Å². The molecule has 26 heavy (non-hydrogen) atoms. The Bertz CT molecular complexity index is 553. The van der Waals surface area contributed by atoms with Crippen molar-refractivity contribution in [2.24, 2.45) is 0 Å². The predicted molar refractivity (Wildman–Crippen MR) is 97.6 cm³/mol. The second-order valence-corrected chi connectivity index (χ2v) is 8.88. The molecule has 4 aliphatic heterocycles. The zero-order valence-electron chi connectivity index (χ0n) is 16.5. The van der Waals surface area contributed by atoms with Crippen LogP contribution in [0.25, 0.3) is 0 Å². The van der Waals surface area contributed by atoms with Gasteiger partial charge in [0.25, 0.3) is 0 Å². The monoisotopic (exact) mass is 366 g/mol. The maximum Gasteiger partial charge on any atom is 0.191 e. The molecule has 6 atom stereocenters. The fraction of sp³-hybridized carbons (Fsp3) is 0.905. The summed E-state index contributed by atoms with van der Waals surface area (Å²) in [6.45, 7) is 7.03. The van der Waals surface area contributed by atoms with E-state index in [0.717, 1.165) is 58.0 Å². The number of hydrogen-bond donors (Lipinski definition) is 1. The highest BCUT2D eigenvalue weighted by molar-refractivity contribution is 5.09. The van der Waals surface area contributed by atoms with Crippen molar-refractivity contribution in [1.29, 1.82) is 0 Å². The number of hydrogen-bond acceptors (Lipinski definition) is 5. The van der Waals surface area contributed by atoms with E-state index in [1.807, 2.05) is 6.92 Å². The maximum absolute atomic E-state index is 10.9. The van der Waals surface area contributed by atoms with Gasteiger partial charge in [-0.15, -0.1) is 0 Å². The van der Waals surface area contributed by atoms with Crippen LogP contribution in [0, 0.1) is 0 Å². The Morgan fingerprint density at radius 2 is 2.00 bits per heavy atom. The van der Waals surface area contributed by atoms with E-state index in [1.54, 1.807) is 0 Å². The topological polar surface area (TPSA) is 60.5 Å². The third-order valence-corrected chi connectivity index (χ3v) is 7.09. The lowest BCUT2D eigenvalue weighted by Crippen LogP contribution is -2.51. The highest BCUT2D eigenvalue weighted by atomic mass is 16.8. The summed E-state index contributed by atoms with van der Waals surface area (Å²) >= 11 is 0. The molecule has 2 spiro atoms. The molecule has 0 unspecified atom stereocenters. The molecule has 0 aromatic heterocycles. The molecule has 0 saturated carbocycles. The van der Waals surface area contributed by atoms with Gasteiger partial charge in [0, 0.05) is 19.3 Å². The van der Waals surface area contributed by atoms with Crippen molar-refractivity contribution in [2.45, 2.75) is 114 Å². The van der Waals surface area contributed by atoms with Gasteiger partial charge in [0.15, 0.2) is 11.6 Å². The van der Waals surface area contributed by atoms with Crippen LogP contribution in [-0.4, -0.2) is 46.7 Å². The first-order valence-electron chi connectivity index (χ1n) is 10.4. The highest BCUT2D eigenvalue weighted by Gasteiger charge is 2.56. The first-order chi connectivity index (χ1) is 12.4. The van der Waals surface area contributed by atoms with Crippen LogP contribution in [0.5, 0.6) is 0 Å². The molecular weight excluding hydrogens is 332 g/mol. The molecule has 5 nitrogen and oxygen atoms in total. The molecule has 0 aliphatic carbocycles. The van der Waals surface area contributed by atoms with Crippen LogP contribution in [0.2, 0.25) is 0 Å². The van der Waals surface area contributed by atoms with Crippen LogP contribution >= 0.6 is 0 Å². The van der Waals surface area contributed by atoms with Crippen LogP contribution in [0.3, 0.4) is 0 Å². The summed E-state index contributed by atoms with van der Waals surface area (Å²) in [5.74, 6) is -1.29. The lowest BCUT2D eigenvalue weighted by atomic mass is 9.87. The van der Waals surface area contributed by atoms with Crippen LogP contribution in [0.4, 0.5) is 0 Å². The van der Waals surface area contributed by atoms with Crippen LogP contribution in [0.1, 0.15) is 78.6 Å². The second kappa shape index (κ2) is 6.56. The number of ether oxygens (including phenoxy) is 4. The Kier molecular flexibility index (Phi) is 4.76. The van der Waals surface area contributed by atoms with Crippen LogP contribution in [0.15, 0.2) is 12.2 Å². The predicted octanol–water partition coefficient (Wildman–Crippen LogP) is 3.83. The zero-order chi connectivity index (χ0) is 18.5. The molecule has 5 heteroatoms. The van der Waals surface area contributed by atoms with Crippen LogP contribution < -0.4 is 0 Å². The fourth-order valence-electron chi connectivity index (χ4n) is 5.04. The average molecular weight is 366 g/mol. The van der Waals surface area contributed by atoms with E-state index in [1.165, 1.54) is 0 Å². The molecule has 1 N–H and O–H groups in total. The molecule has 4 heterocycles. The minimum atomic E-state index is -0.659. The summed E-state index contributed by atoms with van der Waals surface area (Å²) < 4.78 is 24.7. The fourth-order valence-corrected chi connectivity index (χ4v) is 5.04. The van der Waals surface area contributed by atoms with Gasteiger partial charge in [0.2, 0.25) is 0 Å². The molecule has 3 saturated heterocycles. The summed E-state index contributed by atoms with van der Waals surface area (Å²) in [4.78, 5) is 0.